The highest BCUT2D eigenvalue weighted by molar-refractivity contribution is 5.99. The molecule has 8 heteroatoms. The molecule has 4 rings (SSSR count). The number of carbonyl (C=O) groups excluding carboxylic acids is 2. The number of hydrogen-bond acceptors (Lipinski definition) is 3. The molecule has 194 valence electrons. The third-order valence-corrected chi connectivity index (χ3v) is 7.39. The Kier molecular flexibility index (Phi) is 8.34. The summed E-state index contributed by atoms with van der Waals surface area (Å²) in [4.78, 5) is 30.8. The molecule has 2 aromatic carbocycles. The van der Waals surface area contributed by atoms with E-state index in [-0.39, 0.29) is 18.2 Å². The fraction of sp³-hybridized carbons (Fsp3) is 0.500. The van der Waals surface area contributed by atoms with Crippen LogP contribution in [0.3, 0.4) is 0 Å². The first-order valence-electron chi connectivity index (χ1n) is 12.7. The highest BCUT2D eigenvalue weighted by atomic mass is 19.4. The van der Waals surface area contributed by atoms with Gasteiger partial charge in [-0.3, -0.25) is 9.59 Å². The summed E-state index contributed by atoms with van der Waals surface area (Å²) in [6.45, 7) is 3.58. The monoisotopic (exact) mass is 501 g/mol. The van der Waals surface area contributed by atoms with Gasteiger partial charge in [0.25, 0.3) is 0 Å². The minimum Gasteiger partial charge on any atom is -0.345 e. The van der Waals surface area contributed by atoms with Crippen molar-refractivity contribution in [3.8, 4) is 0 Å². The molecule has 1 atom stereocenters. The van der Waals surface area contributed by atoms with Gasteiger partial charge in [-0.05, 0) is 81.1 Å². The maximum absolute atomic E-state index is 13.3. The van der Waals surface area contributed by atoms with Gasteiger partial charge in [0.2, 0.25) is 11.8 Å². The standard InChI is InChI=1S/C28H34F3N3O2/c1-32-20-23(19-26(32)35)27(36)34(25-10-8-24(9-11-25)28(29,30)31)15-5-14-33-16-12-22(13-17-33)18-21-6-3-2-4-7-21/h2-4,6-11,22-23H,5,12-20H2,1H3. The predicted octanol–water partition coefficient (Wildman–Crippen LogP) is 4.86. The first-order chi connectivity index (χ1) is 17.2. The van der Waals surface area contributed by atoms with E-state index in [4.69, 9.17) is 0 Å². The minimum absolute atomic E-state index is 0.0842. The van der Waals surface area contributed by atoms with Crippen LogP contribution < -0.4 is 4.90 Å². The predicted molar refractivity (Wildman–Crippen MR) is 133 cm³/mol. The zero-order valence-electron chi connectivity index (χ0n) is 20.7. The zero-order valence-corrected chi connectivity index (χ0v) is 20.7. The average molecular weight is 502 g/mol. The number of alkyl halides is 3. The summed E-state index contributed by atoms with van der Waals surface area (Å²) < 4.78 is 39.1. The second kappa shape index (κ2) is 11.5. The van der Waals surface area contributed by atoms with Crippen molar-refractivity contribution in [3.05, 3.63) is 65.7 Å². The number of piperidine rings is 1. The SMILES string of the molecule is CN1CC(C(=O)N(CCCN2CCC(Cc3ccccc3)CC2)c2ccc(C(F)(F)F)cc2)CC1=O. The molecular formula is C28H34F3N3O2. The van der Waals surface area contributed by atoms with Crippen molar-refractivity contribution in [2.24, 2.45) is 11.8 Å². The van der Waals surface area contributed by atoms with Gasteiger partial charge in [0.05, 0.1) is 11.5 Å². The van der Waals surface area contributed by atoms with Crippen molar-refractivity contribution < 1.29 is 22.8 Å². The number of halogens is 3. The van der Waals surface area contributed by atoms with E-state index < -0.39 is 17.7 Å². The molecule has 2 aromatic rings. The lowest BCUT2D eigenvalue weighted by atomic mass is 9.90. The first-order valence-corrected chi connectivity index (χ1v) is 12.7. The van der Waals surface area contributed by atoms with Gasteiger partial charge in [-0.25, -0.2) is 0 Å². The summed E-state index contributed by atoms with van der Waals surface area (Å²) >= 11 is 0. The second-order valence-corrected chi connectivity index (χ2v) is 10.0. The quantitative estimate of drug-likeness (QED) is 0.519. The lowest BCUT2D eigenvalue weighted by Gasteiger charge is -2.33. The number of anilines is 1. The van der Waals surface area contributed by atoms with Crippen LogP contribution in [0.15, 0.2) is 54.6 Å². The molecule has 0 saturated carbocycles. The molecule has 0 spiro atoms. The fourth-order valence-electron chi connectivity index (χ4n) is 5.26. The van der Waals surface area contributed by atoms with Crippen molar-refractivity contribution in [3.63, 3.8) is 0 Å². The summed E-state index contributed by atoms with van der Waals surface area (Å²) in [5.74, 6) is -0.0857. The van der Waals surface area contributed by atoms with Gasteiger partial charge in [0.15, 0.2) is 0 Å². The Morgan fingerprint density at radius 3 is 2.28 bits per heavy atom. The van der Waals surface area contributed by atoms with E-state index in [2.05, 4.69) is 29.2 Å². The number of likely N-dealkylation sites (tertiary alicyclic amines) is 2. The summed E-state index contributed by atoms with van der Waals surface area (Å²) in [7, 11) is 1.67. The number of hydrogen-bond donors (Lipinski definition) is 0. The van der Waals surface area contributed by atoms with Crippen LogP contribution in [0.2, 0.25) is 0 Å². The van der Waals surface area contributed by atoms with Gasteiger partial charge in [0.1, 0.15) is 0 Å². The van der Waals surface area contributed by atoms with Crippen LogP contribution in [-0.4, -0.2) is 61.4 Å². The summed E-state index contributed by atoms with van der Waals surface area (Å²) in [5, 5.41) is 0. The minimum atomic E-state index is -4.43. The Balaban J connectivity index is 1.34. The van der Waals surface area contributed by atoms with E-state index >= 15 is 0 Å². The second-order valence-electron chi connectivity index (χ2n) is 10.0. The number of amides is 2. The molecule has 2 saturated heterocycles. The van der Waals surface area contributed by atoms with E-state index in [1.54, 1.807) is 11.9 Å². The van der Waals surface area contributed by atoms with Gasteiger partial charge < -0.3 is 14.7 Å². The van der Waals surface area contributed by atoms with E-state index in [1.165, 1.54) is 22.6 Å². The molecule has 2 amide bonds. The number of nitrogens with zero attached hydrogens (tertiary/aromatic N) is 3. The van der Waals surface area contributed by atoms with Gasteiger partial charge >= 0.3 is 6.18 Å². The zero-order chi connectivity index (χ0) is 25.7. The molecule has 2 fully saturated rings. The molecule has 1 unspecified atom stereocenters. The van der Waals surface area contributed by atoms with Crippen molar-refractivity contribution in [2.45, 2.75) is 38.3 Å². The fourth-order valence-corrected chi connectivity index (χ4v) is 5.26. The lowest BCUT2D eigenvalue weighted by Crippen LogP contribution is -2.40. The normalized spacial score (nSPS) is 19.6. The van der Waals surface area contributed by atoms with E-state index in [0.717, 1.165) is 51.0 Å². The largest absolute Gasteiger partial charge is 0.416 e. The topological polar surface area (TPSA) is 43.9 Å². The van der Waals surface area contributed by atoms with Crippen molar-refractivity contribution in [1.82, 2.24) is 9.80 Å². The molecular weight excluding hydrogens is 467 g/mol. The lowest BCUT2D eigenvalue weighted by molar-refractivity contribution is -0.137. The Bertz CT molecular complexity index is 1020. The van der Waals surface area contributed by atoms with Gasteiger partial charge in [-0.1, -0.05) is 30.3 Å². The molecule has 0 aromatic heterocycles. The molecule has 0 radical (unpaired) electrons. The van der Waals surface area contributed by atoms with Crippen LogP contribution in [-0.2, 0) is 22.2 Å². The van der Waals surface area contributed by atoms with E-state index in [0.29, 0.717) is 31.1 Å². The van der Waals surface area contributed by atoms with Crippen LogP contribution in [0.1, 0.15) is 36.8 Å². The number of carbonyl (C=O) groups is 2. The molecule has 0 aliphatic carbocycles. The molecule has 5 nitrogen and oxygen atoms in total. The van der Waals surface area contributed by atoms with Crippen LogP contribution in [0.4, 0.5) is 18.9 Å². The van der Waals surface area contributed by atoms with E-state index in [1.807, 2.05) is 6.07 Å². The van der Waals surface area contributed by atoms with Crippen molar-refractivity contribution in [1.29, 1.82) is 0 Å². The smallest absolute Gasteiger partial charge is 0.345 e. The number of rotatable bonds is 8. The molecule has 2 aliphatic rings. The Labute approximate surface area is 210 Å². The Morgan fingerprint density at radius 1 is 1.03 bits per heavy atom. The summed E-state index contributed by atoms with van der Waals surface area (Å²) in [5.41, 5.74) is 1.07. The maximum atomic E-state index is 13.3. The van der Waals surface area contributed by atoms with Crippen molar-refractivity contribution >= 4 is 17.5 Å². The molecule has 0 bridgehead atoms. The van der Waals surface area contributed by atoms with Crippen LogP contribution >= 0.6 is 0 Å². The van der Waals surface area contributed by atoms with Crippen LogP contribution in [0.25, 0.3) is 0 Å². The van der Waals surface area contributed by atoms with E-state index in [9.17, 15) is 22.8 Å². The highest BCUT2D eigenvalue weighted by Crippen LogP contribution is 2.31. The van der Waals surface area contributed by atoms with Crippen molar-refractivity contribution in [2.75, 3.05) is 44.7 Å². The third-order valence-electron chi connectivity index (χ3n) is 7.39. The molecule has 2 heterocycles. The van der Waals surface area contributed by atoms with Crippen LogP contribution in [0.5, 0.6) is 0 Å². The summed E-state index contributed by atoms with van der Waals surface area (Å²) in [6, 6.07) is 15.3. The summed E-state index contributed by atoms with van der Waals surface area (Å²) in [6.07, 6.45) is -0.214. The molecule has 36 heavy (non-hydrogen) atoms. The van der Waals surface area contributed by atoms with Gasteiger partial charge in [-0.15, -0.1) is 0 Å². The Morgan fingerprint density at radius 2 is 1.69 bits per heavy atom. The highest BCUT2D eigenvalue weighted by Gasteiger charge is 2.36. The average Bonchev–Trinajstić information content (AvgIpc) is 3.21. The third kappa shape index (κ3) is 6.66. The number of benzene rings is 2. The molecule has 2 aliphatic heterocycles. The molecule has 0 N–H and O–H groups in total. The van der Waals surface area contributed by atoms with Gasteiger partial charge in [-0.2, -0.15) is 13.2 Å². The first kappa shape index (κ1) is 26.2. The maximum Gasteiger partial charge on any atom is 0.416 e. The van der Waals surface area contributed by atoms with Crippen LogP contribution in [0, 0.1) is 11.8 Å². The van der Waals surface area contributed by atoms with Gasteiger partial charge in [0, 0.05) is 32.2 Å². The Hall–Kier alpha value is -2.87.